The predicted molar refractivity (Wildman–Crippen MR) is 119 cm³/mol. The zero-order chi connectivity index (χ0) is 21.6. The van der Waals surface area contributed by atoms with Gasteiger partial charge in [-0.1, -0.05) is 40.2 Å². The molecule has 2 aromatic rings. The van der Waals surface area contributed by atoms with Gasteiger partial charge < -0.3 is 15.0 Å². The van der Waals surface area contributed by atoms with Crippen molar-refractivity contribution < 1.29 is 14.3 Å². The Kier molecular flexibility index (Phi) is 7.85. The van der Waals surface area contributed by atoms with E-state index in [0.717, 1.165) is 21.3 Å². The first kappa shape index (κ1) is 22.9. The van der Waals surface area contributed by atoms with E-state index in [1.807, 2.05) is 69.3 Å². The predicted octanol–water partition coefficient (Wildman–Crippen LogP) is 4.33. The fourth-order valence-corrected chi connectivity index (χ4v) is 3.13. The summed E-state index contributed by atoms with van der Waals surface area (Å²) in [4.78, 5) is 27.5. The molecule has 0 saturated carbocycles. The number of halogens is 1. The molecular weight excluding hydrogens is 432 g/mol. The minimum absolute atomic E-state index is 0.102. The third-order valence-corrected chi connectivity index (χ3v) is 4.97. The van der Waals surface area contributed by atoms with Crippen molar-refractivity contribution in [2.75, 3.05) is 7.11 Å². The van der Waals surface area contributed by atoms with Crippen molar-refractivity contribution in [1.29, 1.82) is 0 Å². The number of methoxy groups -OCH3 is 1. The highest BCUT2D eigenvalue weighted by molar-refractivity contribution is 9.10. The van der Waals surface area contributed by atoms with Crippen LogP contribution in [0.3, 0.4) is 0 Å². The maximum absolute atomic E-state index is 13.2. The van der Waals surface area contributed by atoms with E-state index < -0.39 is 6.04 Å². The first-order valence-corrected chi connectivity index (χ1v) is 10.4. The lowest BCUT2D eigenvalue weighted by Crippen LogP contribution is -2.52. The summed E-state index contributed by atoms with van der Waals surface area (Å²) in [5, 5.41) is 2.97. The Morgan fingerprint density at radius 2 is 1.59 bits per heavy atom. The van der Waals surface area contributed by atoms with E-state index in [1.165, 1.54) is 0 Å². The Balaban J connectivity index is 2.22. The molecule has 156 valence electrons. The van der Waals surface area contributed by atoms with Crippen molar-refractivity contribution in [1.82, 2.24) is 10.2 Å². The first-order valence-electron chi connectivity index (χ1n) is 9.58. The number of carbonyl (C=O) groups is 2. The van der Waals surface area contributed by atoms with Crippen molar-refractivity contribution in [3.05, 3.63) is 64.1 Å². The Morgan fingerprint density at radius 3 is 2.10 bits per heavy atom. The number of nitrogens with one attached hydrogen (secondary N) is 1. The van der Waals surface area contributed by atoms with Gasteiger partial charge in [0, 0.05) is 16.6 Å². The summed E-state index contributed by atoms with van der Waals surface area (Å²) in [6, 6.07) is 14.6. The third-order valence-electron chi connectivity index (χ3n) is 4.45. The Morgan fingerprint density at radius 1 is 1.03 bits per heavy atom. The number of carbonyl (C=O) groups excluding carboxylic acids is 2. The van der Waals surface area contributed by atoms with Crippen LogP contribution in [0.25, 0.3) is 0 Å². The van der Waals surface area contributed by atoms with Crippen LogP contribution in [-0.4, -0.2) is 35.4 Å². The number of nitrogens with zero attached hydrogens (tertiary/aromatic N) is 1. The molecule has 0 aliphatic rings. The molecule has 0 aromatic heterocycles. The van der Waals surface area contributed by atoms with Crippen LogP contribution in [0.1, 0.15) is 38.8 Å². The Hall–Kier alpha value is -2.34. The Bertz CT molecular complexity index is 827. The molecule has 0 fully saturated rings. The summed E-state index contributed by atoms with van der Waals surface area (Å²) in [7, 11) is 1.61. The van der Waals surface area contributed by atoms with Crippen molar-refractivity contribution in [2.24, 2.45) is 0 Å². The maximum atomic E-state index is 13.2. The average molecular weight is 461 g/mol. The van der Waals surface area contributed by atoms with Crippen LogP contribution in [0.4, 0.5) is 0 Å². The van der Waals surface area contributed by atoms with E-state index in [0.29, 0.717) is 6.54 Å². The molecule has 0 bridgehead atoms. The number of ether oxygens (including phenoxy) is 1. The van der Waals surface area contributed by atoms with Crippen LogP contribution in [0.15, 0.2) is 53.0 Å². The molecule has 2 amide bonds. The van der Waals surface area contributed by atoms with Crippen LogP contribution in [0, 0.1) is 0 Å². The summed E-state index contributed by atoms with van der Waals surface area (Å²) >= 11 is 3.43. The van der Waals surface area contributed by atoms with E-state index in [1.54, 1.807) is 18.9 Å². The summed E-state index contributed by atoms with van der Waals surface area (Å²) in [5.74, 6) is 0.471. The quantitative estimate of drug-likeness (QED) is 0.668. The molecule has 5 nitrogen and oxygen atoms in total. The number of hydrogen-bond donors (Lipinski definition) is 1. The second kappa shape index (κ2) is 9.92. The second-order valence-electron chi connectivity index (χ2n) is 8.09. The van der Waals surface area contributed by atoms with Crippen molar-refractivity contribution >= 4 is 27.7 Å². The summed E-state index contributed by atoms with van der Waals surface area (Å²) in [6.45, 7) is 7.91. The van der Waals surface area contributed by atoms with E-state index >= 15 is 0 Å². The minimum Gasteiger partial charge on any atom is -0.497 e. The summed E-state index contributed by atoms with van der Waals surface area (Å²) in [5.41, 5.74) is 1.47. The number of amides is 2. The number of benzene rings is 2. The molecule has 0 aliphatic carbocycles. The topological polar surface area (TPSA) is 58.6 Å². The number of hydrogen-bond acceptors (Lipinski definition) is 3. The zero-order valence-corrected chi connectivity index (χ0v) is 19.2. The van der Waals surface area contributed by atoms with Gasteiger partial charge in [0.05, 0.1) is 13.5 Å². The minimum atomic E-state index is -0.594. The molecule has 6 heteroatoms. The van der Waals surface area contributed by atoms with Gasteiger partial charge in [-0.05, 0) is 63.1 Å². The largest absolute Gasteiger partial charge is 0.497 e. The third kappa shape index (κ3) is 7.20. The molecule has 2 rings (SSSR count). The molecule has 0 radical (unpaired) electrons. The Labute approximate surface area is 181 Å². The fraction of sp³-hybridized carbons (Fsp3) is 0.391. The summed E-state index contributed by atoms with van der Waals surface area (Å²) < 4.78 is 6.14. The maximum Gasteiger partial charge on any atom is 0.242 e. The van der Waals surface area contributed by atoms with Crippen molar-refractivity contribution in [3.8, 4) is 5.75 Å². The molecule has 29 heavy (non-hydrogen) atoms. The summed E-state index contributed by atoms with van der Waals surface area (Å²) in [6.07, 6.45) is 0.216. The van der Waals surface area contributed by atoms with E-state index in [2.05, 4.69) is 21.2 Å². The SMILES string of the molecule is COc1ccc(CC(=O)N(Cc2ccc(Br)cc2)[C@@H](C)C(=O)NC(C)(C)C)cc1. The van der Waals surface area contributed by atoms with Gasteiger partial charge in [0.1, 0.15) is 11.8 Å². The highest BCUT2D eigenvalue weighted by Crippen LogP contribution is 2.17. The van der Waals surface area contributed by atoms with Gasteiger partial charge in [-0.2, -0.15) is 0 Å². The molecule has 0 unspecified atom stereocenters. The highest BCUT2D eigenvalue weighted by Gasteiger charge is 2.28. The molecule has 2 aromatic carbocycles. The lowest BCUT2D eigenvalue weighted by molar-refractivity contribution is -0.140. The van der Waals surface area contributed by atoms with Gasteiger partial charge in [0.25, 0.3) is 0 Å². The molecule has 1 N–H and O–H groups in total. The van der Waals surface area contributed by atoms with Gasteiger partial charge in [0.15, 0.2) is 0 Å². The smallest absolute Gasteiger partial charge is 0.242 e. The van der Waals surface area contributed by atoms with Gasteiger partial charge in [0.2, 0.25) is 11.8 Å². The van der Waals surface area contributed by atoms with Gasteiger partial charge in [-0.25, -0.2) is 0 Å². The molecule has 0 aliphatic heterocycles. The van der Waals surface area contributed by atoms with Gasteiger partial charge in [-0.3, -0.25) is 9.59 Å². The standard InChI is InChI=1S/C23H29BrN2O3/c1-16(22(28)25-23(2,3)4)26(15-18-6-10-19(24)11-7-18)21(27)14-17-8-12-20(29-5)13-9-17/h6-13,16H,14-15H2,1-5H3,(H,25,28)/t16-/m0/s1. The molecule has 0 spiro atoms. The van der Waals surface area contributed by atoms with E-state index in [4.69, 9.17) is 4.74 Å². The number of rotatable bonds is 7. The van der Waals surface area contributed by atoms with Crippen molar-refractivity contribution in [2.45, 2.75) is 52.2 Å². The van der Waals surface area contributed by atoms with Crippen LogP contribution >= 0.6 is 15.9 Å². The molecular formula is C23H29BrN2O3. The van der Waals surface area contributed by atoms with Crippen LogP contribution in [0.2, 0.25) is 0 Å². The molecule has 0 heterocycles. The van der Waals surface area contributed by atoms with Crippen LogP contribution in [-0.2, 0) is 22.6 Å². The van der Waals surface area contributed by atoms with E-state index in [-0.39, 0.29) is 23.8 Å². The van der Waals surface area contributed by atoms with Gasteiger partial charge >= 0.3 is 0 Å². The zero-order valence-electron chi connectivity index (χ0n) is 17.7. The van der Waals surface area contributed by atoms with Crippen molar-refractivity contribution in [3.63, 3.8) is 0 Å². The van der Waals surface area contributed by atoms with Gasteiger partial charge in [-0.15, -0.1) is 0 Å². The molecule has 1 atom stereocenters. The lowest BCUT2D eigenvalue weighted by atomic mass is 10.1. The lowest BCUT2D eigenvalue weighted by Gasteiger charge is -2.31. The second-order valence-corrected chi connectivity index (χ2v) is 9.00. The van der Waals surface area contributed by atoms with Crippen LogP contribution < -0.4 is 10.1 Å². The first-order chi connectivity index (χ1) is 13.6. The monoisotopic (exact) mass is 460 g/mol. The van der Waals surface area contributed by atoms with Crippen LogP contribution in [0.5, 0.6) is 5.75 Å². The fourth-order valence-electron chi connectivity index (χ4n) is 2.86. The molecule has 0 saturated heterocycles. The normalized spacial score (nSPS) is 12.2. The van der Waals surface area contributed by atoms with E-state index in [9.17, 15) is 9.59 Å². The highest BCUT2D eigenvalue weighted by atomic mass is 79.9. The average Bonchev–Trinajstić information content (AvgIpc) is 2.66.